The first-order chi connectivity index (χ1) is 11.0. The fourth-order valence-electron chi connectivity index (χ4n) is 1.80. The third-order valence-electron chi connectivity index (χ3n) is 2.97. The molecule has 2 rings (SSSR count). The van der Waals surface area contributed by atoms with Crippen LogP contribution in [0.25, 0.3) is 6.08 Å². The fraction of sp³-hybridized carbons (Fsp3) is 0.0588. The molecule has 2 aromatic carbocycles. The minimum absolute atomic E-state index is 0.0193. The monoisotopic (exact) mass is 390 g/mol. The van der Waals surface area contributed by atoms with Crippen molar-refractivity contribution in [2.45, 2.75) is 0 Å². The summed E-state index contributed by atoms with van der Waals surface area (Å²) in [5.41, 5.74) is 1.14. The molecule has 2 aromatic rings. The van der Waals surface area contributed by atoms with E-state index in [1.165, 1.54) is 6.08 Å². The summed E-state index contributed by atoms with van der Waals surface area (Å²) >= 11 is 9.34. The zero-order chi connectivity index (χ0) is 16.8. The van der Waals surface area contributed by atoms with Crippen LogP contribution in [0.2, 0.25) is 5.02 Å². The molecule has 0 fully saturated rings. The minimum Gasteiger partial charge on any atom is -0.497 e. The molecule has 0 saturated heterocycles. The predicted octanol–water partition coefficient (Wildman–Crippen LogP) is 4.66. The van der Waals surface area contributed by atoms with Crippen molar-refractivity contribution in [3.05, 3.63) is 63.1 Å². The highest BCUT2D eigenvalue weighted by atomic mass is 79.9. The molecule has 0 bridgehead atoms. The lowest BCUT2D eigenvalue weighted by molar-refractivity contribution is -0.112. The van der Waals surface area contributed by atoms with Gasteiger partial charge < -0.3 is 10.1 Å². The highest BCUT2D eigenvalue weighted by molar-refractivity contribution is 9.10. The number of ether oxygens (including phenoxy) is 1. The Kier molecular flexibility index (Phi) is 5.80. The molecule has 6 heteroatoms. The summed E-state index contributed by atoms with van der Waals surface area (Å²) < 4.78 is 5.87. The summed E-state index contributed by atoms with van der Waals surface area (Å²) in [6.45, 7) is 0. The SMILES string of the molecule is COc1ccc(/C=C(\C#N)C(=O)Nc2ccc(Br)cc2Cl)cc1. The number of nitrogens with one attached hydrogen (secondary N) is 1. The van der Waals surface area contributed by atoms with E-state index in [0.29, 0.717) is 16.5 Å². The van der Waals surface area contributed by atoms with Crippen LogP contribution in [0, 0.1) is 11.3 Å². The second-order valence-electron chi connectivity index (χ2n) is 4.52. The zero-order valence-corrected chi connectivity index (χ0v) is 14.5. The standard InChI is InChI=1S/C17H12BrClN2O2/c1-23-14-5-2-11(3-6-14)8-12(10-20)17(22)21-16-7-4-13(18)9-15(16)19/h2-9H,1H3,(H,21,22)/b12-8+. The van der Waals surface area contributed by atoms with Gasteiger partial charge in [-0.3, -0.25) is 4.79 Å². The summed E-state index contributed by atoms with van der Waals surface area (Å²) in [5, 5.41) is 12.2. The molecule has 0 saturated carbocycles. The lowest BCUT2D eigenvalue weighted by Gasteiger charge is -2.07. The van der Waals surface area contributed by atoms with Crippen LogP contribution in [0.4, 0.5) is 5.69 Å². The summed E-state index contributed by atoms with van der Waals surface area (Å²) in [4.78, 5) is 12.2. The molecule has 1 N–H and O–H groups in total. The number of benzene rings is 2. The maximum Gasteiger partial charge on any atom is 0.266 e. The largest absolute Gasteiger partial charge is 0.497 e. The van der Waals surface area contributed by atoms with E-state index in [2.05, 4.69) is 21.2 Å². The van der Waals surface area contributed by atoms with Gasteiger partial charge in [0.05, 0.1) is 17.8 Å². The number of methoxy groups -OCH3 is 1. The molecule has 0 aliphatic carbocycles. The van der Waals surface area contributed by atoms with E-state index in [0.717, 1.165) is 10.0 Å². The van der Waals surface area contributed by atoms with Gasteiger partial charge in [0.2, 0.25) is 0 Å². The third kappa shape index (κ3) is 4.59. The topological polar surface area (TPSA) is 62.1 Å². The molecule has 0 heterocycles. The van der Waals surface area contributed by atoms with E-state index in [4.69, 9.17) is 16.3 Å². The molecule has 23 heavy (non-hydrogen) atoms. The van der Waals surface area contributed by atoms with Gasteiger partial charge in [-0.05, 0) is 42.0 Å². The molecule has 0 unspecified atom stereocenters. The minimum atomic E-state index is -0.521. The number of carbonyl (C=O) groups excluding carboxylic acids is 1. The summed E-state index contributed by atoms with van der Waals surface area (Å²) in [7, 11) is 1.57. The molecular formula is C17H12BrClN2O2. The van der Waals surface area contributed by atoms with Gasteiger partial charge in [-0.15, -0.1) is 0 Å². The maximum absolute atomic E-state index is 12.2. The Balaban J connectivity index is 2.20. The highest BCUT2D eigenvalue weighted by Crippen LogP contribution is 2.26. The molecule has 0 aliphatic heterocycles. The van der Waals surface area contributed by atoms with Crippen molar-refractivity contribution in [3.63, 3.8) is 0 Å². The van der Waals surface area contributed by atoms with Crippen molar-refractivity contribution >= 4 is 45.2 Å². The number of hydrogen-bond donors (Lipinski definition) is 1. The first kappa shape index (κ1) is 17.1. The van der Waals surface area contributed by atoms with Gasteiger partial charge in [-0.1, -0.05) is 39.7 Å². The number of nitriles is 1. The molecule has 0 atom stereocenters. The van der Waals surface area contributed by atoms with Crippen LogP contribution in [-0.2, 0) is 4.79 Å². The first-order valence-corrected chi connectivity index (χ1v) is 7.73. The van der Waals surface area contributed by atoms with Crippen LogP contribution in [0.5, 0.6) is 5.75 Å². The Morgan fingerprint density at radius 2 is 2.00 bits per heavy atom. The summed E-state index contributed by atoms with van der Waals surface area (Å²) in [5.74, 6) is 0.180. The van der Waals surface area contributed by atoms with Crippen molar-refractivity contribution in [2.24, 2.45) is 0 Å². The smallest absolute Gasteiger partial charge is 0.266 e. The van der Waals surface area contributed by atoms with Gasteiger partial charge in [0.1, 0.15) is 17.4 Å². The van der Waals surface area contributed by atoms with Crippen LogP contribution < -0.4 is 10.1 Å². The van der Waals surface area contributed by atoms with Gasteiger partial charge in [-0.25, -0.2) is 0 Å². The molecule has 4 nitrogen and oxygen atoms in total. The van der Waals surface area contributed by atoms with E-state index >= 15 is 0 Å². The molecule has 0 aromatic heterocycles. The zero-order valence-electron chi connectivity index (χ0n) is 12.1. The Bertz CT molecular complexity index is 795. The fourth-order valence-corrected chi connectivity index (χ4v) is 2.52. The number of halogens is 2. The van der Waals surface area contributed by atoms with Crippen LogP contribution in [0.15, 0.2) is 52.5 Å². The molecule has 0 aliphatic rings. The predicted molar refractivity (Wildman–Crippen MR) is 94.4 cm³/mol. The lowest BCUT2D eigenvalue weighted by atomic mass is 10.1. The number of hydrogen-bond acceptors (Lipinski definition) is 3. The Labute approximate surface area is 147 Å². The van der Waals surface area contributed by atoms with Gasteiger partial charge in [0, 0.05) is 4.47 Å². The van der Waals surface area contributed by atoms with Crippen molar-refractivity contribution in [3.8, 4) is 11.8 Å². The lowest BCUT2D eigenvalue weighted by Crippen LogP contribution is -2.13. The van der Waals surface area contributed by atoms with Gasteiger partial charge in [0.25, 0.3) is 5.91 Å². The van der Waals surface area contributed by atoms with Gasteiger partial charge >= 0.3 is 0 Å². The Morgan fingerprint density at radius 3 is 2.57 bits per heavy atom. The average molecular weight is 392 g/mol. The van der Waals surface area contributed by atoms with E-state index < -0.39 is 5.91 Å². The molecule has 0 spiro atoms. The second kappa shape index (κ2) is 7.82. The van der Waals surface area contributed by atoms with Gasteiger partial charge in [-0.2, -0.15) is 5.26 Å². The Morgan fingerprint density at radius 1 is 1.30 bits per heavy atom. The number of carbonyl (C=O) groups is 1. The van der Waals surface area contributed by atoms with Crippen molar-refractivity contribution in [2.75, 3.05) is 12.4 Å². The third-order valence-corrected chi connectivity index (χ3v) is 3.78. The number of nitrogens with zero attached hydrogens (tertiary/aromatic N) is 1. The quantitative estimate of drug-likeness (QED) is 0.609. The molecule has 116 valence electrons. The molecular weight excluding hydrogens is 380 g/mol. The van der Waals surface area contributed by atoms with Crippen LogP contribution in [-0.4, -0.2) is 13.0 Å². The highest BCUT2D eigenvalue weighted by Gasteiger charge is 2.11. The second-order valence-corrected chi connectivity index (χ2v) is 5.84. The van der Waals surface area contributed by atoms with E-state index in [1.807, 2.05) is 6.07 Å². The number of rotatable bonds is 4. The van der Waals surface area contributed by atoms with E-state index in [9.17, 15) is 10.1 Å². The van der Waals surface area contributed by atoms with Crippen molar-refractivity contribution < 1.29 is 9.53 Å². The molecule has 1 amide bonds. The summed E-state index contributed by atoms with van der Waals surface area (Å²) in [6, 6.07) is 14.0. The van der Waals surface area contributed by atoms with Crippen LogP contribution >= 0.6 is 27.5 Å². The summed E-state index contributed by atoms with van der Waals surface area (Å²) in [6.07, 6.45) is 1.50. The first-order valence-electron chi connectivity index (χ1n) is 6.55. The van der Waals surface area contributed by atoms with Gasteiger partial charge in [0.15, 0.2) is 0 Å². The number of amides is 1. The molecule has 0 radical (unpaired) electrons. The van der Waals surface area contributed by atoms with Crippen LogP contribution in [0.3, 0.4) is 0 Å². The van der Waals surface area contributed by atoms with Crippen molar-refractivity contribution in [1.29, 1.82) is 5.26 Å². The average Bonchev–Trinajstić information content (AvgIpc) is 2.55. The normalized spacial score (nSPS) is 10.8. The maximum atomic E-state index is 12.2. The number of anilines is 1. The Hall–Kier alpha value is -2.29. The van der Waals surface area contributed by atoms with Crippen LogP contribution in [0.1, 0.15) is 5.56 Å². The van der Waals surface area contributed by atoms with Crippen molar-refractivity contribution in [1.82, 2.24) is 0 Å². The van der Waals surface area contributed by atoms with E-state index in [1.54, 1.807) is 49.6 Å². The van der Waals surface area contributed by atoms with E-state index in [-0.39, 0.29) is 5.57 Å².